The molecule has 0 aromatic heterocycles. The molecule has 6 N–H and O–H groups in total. The zero-order valence-electron chi connectivity index (χ0n) is 6.93. The first-order chi connectivity index (χ1) is 6.06. The molecule has 3 nitrogen and oxygen atoms in total. The van der Waals surface area contributed by atoms with Crippen molar-refractivity contribution in [2.45, 2.75) is 6.04 Å². The van der Waals surface area contributed by atoms with Gasteiger partial charge in [-0.05, 0) is 6.07 Å². The summed E-state index contributed by atoms with van der Waals surface area (Å²) < 4.78 is 25.7. The predicted molar refractivity (Wildman–Crippen MR) is 46.8 cm³/mol. The SMILES string of the molecule is NC[C@@H](N)c1cc(N)c(F)cc1F. The number of halogens is 2. The highest BCUT2D eigenvalue weighted by Crippen LogP contribution is 2.20. The van der Waals surface area contributed by atoms with Crippen LogP contribution in [0.1, 0.15) is 11.6 Å². The minimum absolute atomic E-state index is 0.0853. The molecule has 0 amide bonds. The van der Waals surface area contributed by atoms with Gasteiger partial charge in [0.05, 0.1) is 5.69 Å². The van der Waals surface area contributed by atoms with Crippen LogP contribution in [-0.2, 0) is 0 Å². The lowest BCUT2D eigenvalue weighted by Crippen LogP contribution is -2.22. The lowest BCUT2D eigenvalue weighted by atomic mass is 10.1. The van der Waals surface area contributed by atoms with Gasteiger partial charge >= 0.3 is 0 Å². The lowest BCUT2D eigenvalue weighted by Gasteiger charge is -2.11. The topological polar surface area (TPSA) is 78.1 Å². The van der Waals surface area contributed by atoms with Gasteiger partial charge in [-0.25, -0.2) is 8.78 Å². The minimum atomic E-state index is -0.787. The van der Waals surface area contributed by atoms with Crippen LogP contribution in [0.15, 0.2) is 12.1 Å². The van der Waals surface area contributed by atoms with Crippen molar-refractivity contribution in [3.63, 3.8) is 0 Å². The zero-order chi connectivity index (χ0) is 10.0. The summed E-state index contributed by atoms with van der Waals surface area (Å²) in [5, 5.41) is 0. The third-order valence-electron chi connectivity index (χ3n) is 1.77. The molecule has 0 radical (unpaired) electrons. The quantitative estimate of drug-likeness (QED) is 0.590. The minimum Gasteiger partial charge on any atom is -0.396 e. The van der Waals surface area contributed by atoms with Gasteiger partial charge in [-0.1, -0.05) is 0 Å². The van der Waals surface area contributed by atoms with Crippen molar-refractivity contribution in [1.29, 1.82) is 0 Å². The van der Waals surface area contributed by atoms with Crippen LogP contribution in [0.5, 0.6) is 0 Å². The molecule has 1 rings (SSSR count). The average molecular weight is 187 g/mol. The third kappa shape index (κ3) is 1.93. The highest BCUT2D eigenvalue weighted by molar-refractivity contribution is 5.44. The smallest absolute Gasteiger partial charge is 0.149 e. The molecule has 1 aromatic rings. The van der Waals surface area contributed by atoms with Crippen LogP contribution in [0.2, 0.25) is 0 Å². The molecule has 0 heterocycles. The number of hydrogen-bond donors (Lipinski definition) is 3. The second-order valence-corrected chi connectivity index (χ2v) is 2.74. The Morgan fingerprint density at radius 1 is 1.23 bits per heavy atom. The Bertz CT molecular complexity index is 315. The Morgan fingerprint density at radius 2 is 1.85 bits per heavy atom. The van der Waals surface area contributed by atoms with E-state index >= 15 is 0 Å². The second kappa shape index (κ2) is 3.68. The maximum Gasteiger partial charge on any atom is 0.149 e. The van der Waals surface area contributed by atoms with Crippen LogP contribution in [0, 0.1) is 11.6 Å². The number of benzene rings is 1. The molecule has 0 unspecified atom stereocenters. The average Bonchev–Trinajstić information content (AvgIpc) is 2.10. The summed E-state index contributed by atoms with van der Waals surface area (Å²) in [4.78, 5) is 0. The first kappa shape index (κ1) is 9.88. The molecule has 1 aromatic carbocycles. The molecule has 13 heavy (non-hydrogen) atoms. The van der Waals surface area contributed by atoms with Crippen LogP contribution < -0.4 is 17.2 Å². The van der Waals surface area contributed by atoms with Crippen LogP contribution in [0.4, 0.5) is 14.5 Å². The molecule has 5 heteroatoms. The number of anilines is 1. The predicted octanol–water partition coefficient (Wildman–Crippen LogP) is 0.506. The molecule has 0 saturated heterocycles. The maximum absolute atomic E-state index is 13.0. The number of rotatable bonds is 2. The lowest BCUT2D eigenvalue weighted by molar-refractivity contribution is 0.559. The Kier molecular flexibility index (Phi) is 2.79. The van der Waals surface area contributed by atoms with Gasteiger partial charge in [0.15, 0.2) is 0 Å². The first-order valence-electron chi connectivity index (χ1n) is 3.76. The van der Waals surface area contributed by atoms with Crippen LogP contribution in [0.25, 0.3) is 0 Å². The van der Waals surface area contributed by atoms with E-state index < -0.39 is 17.7 Å². The second-order valence-electron chi connectivity index (χ2n) is 2.74. The summed E-state index contributed by atoms with van der Waals surface area (Å²) in [6.07, 6.45) is 0. The number of nitrogens with two attached hydrogens (primary N) is 3. The van der Waals surface area contributed by atoms with E-state index in [4.69, 9.17) is 17.2 Å². The summed E-state index contributed by atoms with van der Waals surface area (Å²) in [7, 11) is 0. The first-order valence-corrected chi connectivity index (χ1v) is 3.76. The highest BCUT2D eigenvalue weighted by Gasteiger charge is 2.12. The molecule has 0 fully saturated rings. The molecule has 0 aliphatic carbocycles. The van der Waals surface area contributed by atoms with Gasteiger partial charge in [-0.3, -0.25) is 0 Å². The van der Waals surface area contributed by atoms with Gasteiger partial charge < -0.3 is 17.2 Å². The Hall–Kier alpha value is -1.20. The molecular formula is C8H11F2N3. The monoisotopic (exact) mass is 187 g/mol. The summed E-state index contributed by atoms with van der Waals surface area (Å²) in [5.41, 5.74) is 16.0. The fourth-order valence-electron chi connectivity index (χ4n) is 0.994. The van der Waals surface area contributed by atoms with Crippen LogP contribution in [0.3, 0.4) is 0 Å². The molecule has 0 aliphatic heterocycles. The summed E-state index contributed by atoms with van der Waals surface area (Å²) >= 11 is 0. The number of hydrogen-bond acceptors (Lipinski definition) is 3. The molecular weight excluding hydrogens is 176 g/mol. The summed E-state index contributed by atoms with van der Waals surface area (Å²) in [6, 6.07) is 1.23. The van der Waals surface area contributed by atoms with Gasteiger partial charge in [-0.2, -0.15) is 0 Å². The molecule has 1 atom stereocenters. The van der Waals surface area contributed by atoms with Crippen LogP contribution >= 0.6 is 0 Å². The standard InChI is InChI=1S/C8H11F2N3/c9-5-2-6(10)7(12)1-4(5)8(13)3-11/h1-2,8H,3,11-13H2/t8-/m1/s1. The van der Waals surface area contributed by atoms with E-state index in [-0.39, 0.29) is 17.8 Å². The molecule has 0 bridgehead atoms. The fraction of sp³-hybridized carbons (Fsp3) is 0.250. The van der Waals surface area contributed by atoms with E-state index in [9.17, 15) is 8.78 Å². The van der Waals surface area contributed by atoms with Crippen LogP contribution in [-0.4, -0.2) is 6.54 Å². The van der Waals surface area contributed by atoms with Crippen molar-refractivity contribution < 1.29 is 8.78 Å². The maximum atomic E-state index is 13.0. The van der Waals surface area contributed by atoms with Gasteiger partial charge in [0, 0.05) is 24.2 Å². The van der Waals surface area contributed by atoms with E-state index in [2.05, 4.69) is 0 Å². The van der Waals surface area contributed by atoms with Crippen molar-refractivity contribution in [3.05, 3.63) is 29.3 Å². The van der Waals surface area contributed by atoms with Gasteiger partial charge in [0.1, 0.15) is 11.6 Å². The number of nitrogen functional groups attached to an aromatic ring is 1. The Balaban J connectivity index is 3.15. The normalized spacial score (nSPS) is 12.9. The van der Waals surface area contributed by atoms with Crippen molar-refractivity contribution in [1.82, 2.24) is 0 Å². The molecule has 72 valence electrons. The van der Waals surface area contributed by atoms with Crippen molar-refractivity contribution in [2.75, 3.05) is 12.3 Å². The van der Waals surface area contributed by atoms with Gasteiger partial charge in [-0.15, -0.1) is 0 Å². The molecule has 0 saturated carbocycles. The molecule has 0 spiro atoms. The Labute approximate surface area is 74.5 Å². The van der Waals surface area contributed by atoms with E-state index in [1.54, 1.807) is 0 Å². The van der Waals surface area contributed by atoms with Crippen molar-refractivity contribution in [2.24, 2.45) is 11.5 Å². The zero-order valence-corrected chi connectivity index (χ0v) is 6.93. The van der Waals surface area contributed by atoms with E-state index in [1.165, 1.54) is 6.07 Å². The summed E-state index contributed by atoms with van der Waals surface area (Å²) in [5.74, 6) is -1.50. The van der Waals surface area contributed by atoms with Gasteiger partial charge in [0.25, 0.3) is 0 Å². The molecule has 0 aliphatic rings. The summed E-state index contributed by atoms with van der Waals surface area (Å²) in [6.45, 7) is 0.0853. The largest absolute Gasteiger partial charge is 0.396 e. The van der Waals surface area contributed by atoms with Gasteiger partial charge in [0.2, 0.25) is 0 Å². The Morgan fingerprint density at radius 3 is 2.38 bits per heavy atom. The third-order valence-corrected chi connectivity index (χ3v) is 1.77. The highest BCUT2D eigenvalue weighted by atomic mass is 19.1. The van der Waals surface area contributed by atoms with E-state index in [0.29, 0.717) is 6.07 Å². The van der Waals surface area contributed by atoms with E-state index in [0.717, 1.165) is 0 Å². The van der Waals surface area contributed by atoms with E-state index in [1.807, 2.05) is 0 Å². The van der Waals surface area contributed by atoms with Crippen molar-refractivity contribution >= 4 is 5.69 Å². The fourth-order valence-corrected chi connectivity index (χ4v) is 0.994. The van der Waals surface area contributed by atoms with Crippen molar-refractivity contribution in [3.8, 4) is 0 Å².